The molecule has 22 heavy (non-hydrogen) atoms. The zero-order valence-electron chi connectivity index (χ0n) is 13.3. The fraction of sp³-hybridized carbons (Fsp3) is 0.556. The van der Waals surface area contributed by atoms with Gasteiger partial charge in [0, 0.05) is 23.5 Å². The maximum Gasteiger partial charge on any atom is 0.126 e. The topological polar surface area (TPSA) is 50.8 Å². The summed E-state index contributed by atoms with van der Waals surface area (Å²) in [6, 6.07) is 4.17. The van der Waals surface area contributed by atoms with Crippen molar-refractivity contribution in [2.75, 3.05) is 6.61 Å². The molecule has 0 spiro atoms. The third kappa shape index (κ3) is 2.87. The maximum atomic E-state index is 6.10. The molecule has 0 unspecified atom stereocenters. The summed E-state index contributed by atoms with van der Waals surface area (Å²) in [4.78, 5) is 4.62. The predicted molar refractivity (Wildman–Crippen MR) is 86.1 cm³/mol. The molecule has 0 aliphatic heterocycles. The van der Waals surface area contributed by atoms with Gasteiger partial charge >= 0.3 is 0 Å². The first-order chi connectivity index (χ1) is 10.7. The van der Waals surface area contributed by atoms with Crippen LogP contribution in [0.15, 0.2) is 18.3 Å². The molecular formula is C18H23N3O. The van der Waals surface area contributed by atoms with E-state index in [0.717, 1.165) is 35.4 Å². The summed E-state index contributed by atoms with van der Waals surface area (Å²) in [6.45, 7) is 5.16. The number of hydrogen-bond donors (Lipinski definition) is 1. The molecule has 0 atom stereocenters. The van der Waals surface area contributed by atoms with E-state index in [0.29, 0.717) is 11.8 Å². The van der Waals surface area contributed by atoms with Crippen molar-refractivity contribution < 1.29 is 4.74 Å². The van der Waals surface area contributed by atoms with E-state index in [1.54, 1.807) is 0 Å². The summed E-state index contributed by atoms with van der Waals surface area (Å²) in [6.07, 6.45) is 7.15. The van der Waals surface area contributed by atoms with Crippen LogP contribution in [0.2, 0.25) is 0 Å². The van der Waals surface area contributed by atoms with Crippen molar-refractivity contribution >= 4 is 0 Å². The fourth-order valence-electron chi connectivity index (χ4n) is 2.67. The molecule has 2 heterocycles. The highest BCUT2D eigenvalue weighted by atomic mass is 16.5. The average Bonchev–Trinajstić information content (AvgIpc) is 3.43. The predicted octanol–water partition coefficient (Wildman–Crippen LogP) is 4.26. The zero-order chi connectivity index (χ0) is 15.1. The van der Waals surface area contributed by atoms with Gasteiger partial charge in [0.1, 0.15) is 11.4 Å². The smallest absolute Gasteiger partial charge is 0.126 e. The summed E-state index contributed by atoms with van der Waals surface area (Å²) >= 11 is 0. The molecule has 2 saturated carbocycles. The van der Waals surface area contributed by atoms with Crippen molar-refractivity contribution in [1.29, 1.82) is 0 Å². The van der Waals surface area contributed by atoms with Gasteiger partial charge in [0.15, 0.2) is 0 Å². The van der Waals surface area contributed by atoms with Gasteiger partial charge in [0.05, 0.1) is 12.3 Å². The lowest BCUT2D eigenvalue weighted by atomic mass is 10.1. The molecule has 4 heteroatoms. The number of aromatic amines is 1. The molecule has 4 nitrogen and oxygen atoms in total. The molecule has 0 saturated heterocycles. The van der Waals surface area contributed by atoms with Gasteiger partial charge in [-0.05, 0) is 49.5 Å². The Morgan fingerprint density at radius 2 is 2.00 bits per heavy atom. The largest absolute Gasteiger partial charge is 0.493 e. The second-order valence-electron chi connectivity index (χ2n) is 7.00. The number of pyridine rings is 1. The van der Waals surface area contributed by atoms with Crippen LogP contribution in [-0.4, -0.2) is 21.8 Å². The standard InChI is InChI=1S/C18H23N3O/c1-11(2)15-7-17(21-20-15)16-8-18(22-10-12-3-4-12)14(9-19-16)13-5-6-13/h7-9,11-13H,3-6,10H2,1-2H3,(H,20,21). The van der Waals surface area contributed by atoms with Crippen LogP contribution in [0, 0.1) is 5.92 Å². The molecule has 0 radical (unpaired) electrons. The van der Waals surface area contributed by atoms with Gasteiger partial charge in [-0.2, -0.15) is 5.10 Å². The second kappa shape index (κ2) is 5.41. The van der Waals surface area contributed by atoms with Crippen molar-refractivity contribution in [3.8, 4) is 17.1 Å². The van der Waals surface area contributed by atoms with Crippen LogP contribution in [0.25, 0.3) is 11.4 Å². The van der Waals surface area contributed by atoms with E-state index < -0.39 is 0 Å². The number of aromatic nitrogens is 3. The first-order valence-corrected chi connectivity index (χ1v) is 8.39. The lowest BCUT2D eigenvalue weighted by Gasteiger charge is -2.11. The minimum absolute atomic E-state index is 0.442. The Balaban J connectivity index is 1.62. The Morgan fingerprint density at radius 1 is 1.18 bits per heavy atom. The Morgan fingerprint density at radius 3 is 2.64 bits per heavy atom. The molecule has 0 amide bonds. The van der Waals surface area contributed by atoms with Crippen LogP contribution >= 0.6 is 0 Å². The average molecular weight is 297 g/mol. The summed E-state index contributed by atoms with van der Waals surface area (Å²) in [7, 11) is 0. The van der Waals surface area contributed by atoms with E-state index in [-0.39, 0.29) is 0 Å². The highest BCUT2D eigenvalue weighted by Crippen LogP contribution is 2.45. The molecule has 2 fully saturated rings. The first-order valence-electron chi connectivity index (χ1n) is 8.39. The summed E-state index contributed by atoms with van der Waals surface area (Å²) < 4.78 is 6.10. The monoisotopic (exact) mass is 297 g/mol. The molecular weight excluding hydrogens is 274 g/mol. The number of hydrogen-bond acceptors (Lipinski definition) is 3. The first kappa shape index (κ1) is 13.8. The van der Waals surface area contributed by atoms with Gasteiger partial charge in [0.25, 0.3) is 0 Å². The molecule has 116 valence electrons. The summed E-state index contributed by atoms with van der Waals surface area (Å²) in [5, 5.41) is 7.51. The highest BCUT2D eigenvalue weighted by molar-refractivity contribution is 5.58. The molecule has 1 N–H and O–H groups in total. The number of ether oxygens (including phenoxy) is 1. The van der Waals surface area contributed by atoms with Crippen LogP contribution in [0.5, 0.6) is 5.75 Å². The van der Waals surface area contributed by atoms with Crippen molar-refractivity contribution in [2.45, 2.75) is 51.4 Å². The normalized spacial score (nSPS) is 18.0. The van der Waals surface area contributed by atoms with E-state index >= 15 is 0 Å². The van der Waals surface area contributed by atoms with Crippen LogP contribution in [-0.2, 0) is 0 Å². The number of rotatable bonds is 6. The number of nitrogens with zero attached hydrogens (tertiary/aromatic N) is 2. The fourth-order valence-corrected chi connectivity index (χ4v) is 2.67. The molecule has 2 aromatic rings. The Bertz CT molecular complexity index is 669. The maximum absolute atomic E-state index is 6.10. The van der Waals surface area contributed by atoms with Gasteiger partial charge in [-0.25, -0.2) is 0 Å². The van der Waals surface area contributed by atoms with E-state index in [2.05, 4.69) is 41.2 Å². The van der Waals surface area contributed by atoms with Crippen molar-refractivity contribution in [2.24, 2.45) is 5.92 Å². The molecule has 2 aromatic heterocycles. The molecule has 0 bridgehead atoms. The van der Waals surface area contributed by atoms with Crippen molar-refractivity contribution in [3.63, 3.8) is 0 Å². The van der Waals surface area contributed by atoms with Crippen LogP contribution < -0.4 is 4.74 Å². The summed E-state index contributed by atoms with van der Waals surface area (Å²) in [5.74, 6) is 2.88. The van der Waals surface area contributed by atoms with Crippen LogP contribution in [0.3, 0.4) is 0 Å². The quantitative estimate of drug-likeness (QED) is 0.866. The lowest BCUT2D eigenvalue weighted by Crippen LogP contribution is -2.02. The Hall–Kier alpha value is -1.84. The number of H-pyrrole nitrogens is 1. The minimum atomic E-state index is 0.442. The van der Waals surface area contributed by atoms with E-state index in [1.807, 2.05) is 6.20 Å². The van der Waals surface area contributed by atoms with E-state index in [9.17, 15) is 0 Å². The zero-order valence-corrected chi connectivity index (χ0v) is 13.3. The Kier molecular flexibility index (Phi) is 3.40. The van der Waals surface area contributed by atoms with Crippen molar-refractivity contribution in [1.82, 2.24) is 15.2 Å². The van der Waals surface area contributed by atoms with Crippen LogP contribution in [0.4, 0.5) is 0 Å². The van der Waals surface area contributed by atoms with Gasteiger partial charge in [-0.1, -0.05) is 13.8 Å². The lowest BCUT2D eigenvalue weighted by molar-refractivity contribution is 0.296. The second-order valence-corrected chi connectivity index (χ2v) is 7.00. The molecule has 0 aromatic carbocycles. The number of nitrogens with one attached hydrogen (secondary N) is 1. The third-order valence-corrected chi connectivity index (χ3v) is 4.57. The van der Waals surface area contributed by atoms with Crippen molar-refractivity contribution in [3.05, 3.63) is 29.6 Å². The minimum Gasteiger partial charge on any atom is -0.493 e. The van der Waals surface area contributed by atoms with Gasteiger partial charge < -0.3 is 4.74 Å². The highest BCUT2D eigenvalue weighted by Gasteiger charge is 2.29. The van der Waals surface area contributed by atoms with E-state index in [4.69, 9.17) is 4.74 Å². The van der Waals surface area contributed by atoms with Gasteiger partial charge in [-0.3, -0.25) is 10.1 Å². The molecule has 2 aliphatic rings. The third-order valence-electron chi connectivity index (χ3n) is 4.57. The Labute approximate surface area is 131 Å². The molecule has 4 rings (SSSR count). The van der Waals surface area contributed by atoms with Gasteiger partial charge in [-0.15, -0.1) is 0 Å². The molecule has 2 aliphatic carbocycles. The van der Waals surface area contributed by atoms with E-state index in [1.165, 1.54) is 31.2 Å². The SMILES string of the molecule is CC(C)c1cc(-c2cc(OCC3CC3)c(C3CC3)cn2)n[nH]1. The summed E-state index contributed by atoms with van der Waals surface area (Å²) in [5.41, 5.74) is 4.23. The van der Waals surface area contributed by atoms with Crippen LogP contribution in [0.1, 0.15) is 62.6 Å². The van der Waals surface area contributed by atoms with Gasteiger partial charge in [0.2, 0.25) is 0 Å².